The van der Waals surface area contributed by atoms with Crippen LogP contribution in [0.1, 0.15) is 29.6 Å². The Morgan fingerprint density at radius 3 is 2.91 bits per heavy atom. The lowest BCUT2D eigenvalue weighted by atomic mass is 10.0. The summed E-state index contributed by atoms with van der Waals surface area (Å²) in [6.45, 7) is 12.2. The standard InChI is InChI=1S/C21H27N7O4S/c1-14(29)28-9-8-27(13-16(28)11-23-2)20-17-5-7-24-12-18(17)25-19(26-20)4-3-15-6-10-32-21(15)33(22,30)31/h6,10,16,24H,3-5,7-9,11-13H2,1H3,(H2,22,30,31)/t16-/m0/s1. The second-order valence-corrected chi connectivity index (χ2v) is 9.71. The van der Waals surface area contributed by atoms with Crippen LogP contribution in [0.5, 0.6) is 0 Å². The number of hydrogen-bond acceptors (Lipinski definition) is 8. The fourth-order valence-electron chi connectivity index (χ4n) is 4.49. The van der Waals surface area contributed by atoms with Gasteiger partial charge in [0.1, 0.15) is 17.7 Å². The molecule has 0 spiro atoms. The second kappa shape index (κ2) is 9.46. The third-order valence-corrected chi connectivity index (χ3v) is 6.91. The van der Waals surface area contributed by atoms with Gasteiger partial charge in [0.05, 0.1) is 12.0 Å². The number of amides is 1. The molecule has 11 nitrogen and oxygen atoms in total. The van der Waals surface area contributed by atoms with Gasteiger partial charge in [-0.1, -0.05) is 0 Å². The molecule has 1 saturated heterocycles. The fourth-order valence-corrected chi connectivity index (χ4v) is 5.22. The fraction of sp³-hybridized carbons (Fsp3) is 0.524. The molecule has 4 rings (SSSR count). The molecule has 0 saturated carbocycles. The molecule has 0 unspecified atom stereocenters. The highest BCUT2D eigenvalue weighted by atomic mass is 32.2. The van der Waals surface area contributed by atoms with Crippen LogP contribution in [0.2, 0.25) is 0 Å². The number of aryl methyl sites for hydroxylation is 2. The van der Waals surface area contributed by atoms with Gasteiger partial charge in [0, 0.05) is 50.7 Å². The van der Waals surface area contributed by atoms with Crippen molar-refractivity contribution in [2.45, 2.75) is 43.9 Å². The third kappa shape index (κ3) is 5.00. The number of fused-ring (bicyclic) bond motifs is 1. The lowest BCUT2D eigenvalue weighted by Crippen LogP contribution is -2.56. The predicted octanol–water partition coefficient (Wildman–Crippen LogP) is 0.104. The Hall–Kier alpha value is -3.01. The van der Waals surface area contributed by atoms with E-state index in [1.807, 2.05) is 0 Å². The van der Waals surface area contributed by atoms with Crippen molar-refractivity contribution in [3.8, 4) is 0 Å². The summed E-state index contributed by atoms with van der Waals surface area (Å²) in [4.78, 5) is 29.1. The summed E-state index contributed by atoms with van der Waals surface area (Å²) in [6, 6.07) is 1.41. The molecule has 2 aliphatic heterocycles. The maximum atomic E-state index is 12.0. The molecule has 2 aliphatic rings. The lowest BCUT2D eigenvalue weighted by Gasteiger charge is -2.40. The number of rotatable bonds is 6. The molecule has 1 atom stereocenters. The first kappa shape index (κ1) is 23.2. The normalized spacial score (nSPS) is 18.6. The van der Waals surface area contributed by atoms with Crippen molar-refractivity contribution in [3.63, 3.8) is 0 Å². The summed E-state index contributed by atoms with van der Waals surface area (Å²) < 4.78 is 28.5. The average molecular weight is 474 g/mol. The molecule has 176 valence electrons. The molecule has 2 aromatic rings. The van der Waals surface area contributed by atoms with E-state index in [4.69, 9.17) is 26.1 Å². The zero-order valence-electron chi connectivity index (χ0n) is 18.5. The number of hydrogen-bond donors (Lipinski definition) is 2. The molecular formula is C21H27N7O4S. The van der Waals surface area contributed by atoms with Gasteiger partial charge in [0.15, 0.2) is 0 Å². The number of furan rings is 1. The number of piperazine rings is 1. The number of nitrogens with one attached hydrogen (secondary N) is 1. The predicted molar refractivity (Wildman–Crippen MR) is 120 cm³/mol. The van der Waals surface area contributed by atoms with E-state index in [1.54, 1.807) is 11.0 Å². The Labute approximate surface area is 192 Å². The number of aromatic nitrogens is 2. The Morgan fingerprint density at radius 1 is 1.36 bits per heavy atom. The summed E-state index contributed by atoms with van der Waals surface area (Å²) in [5.41, 5.74) is 2.51. The van der Waals surface area contributed by atoms with E-state index in [0.717, 1.165) is 30.0 Å². The largest absolute Gasteiger partial charge is 0.451 e. The number of carbonyl (C=O) groups is 1. The van der Waals surface area contributed by atoms with Crippen molar-refractivity contribution in [1.82, 2.24) is 20.2 Å². The molecule has 12 heteroatoms. The molecule has 4 heterocycles. The van der Waals surface area contributed by atoms with E-state index in [1.165, 1.54) is 13.2 Å². The van der Waals surface area contributed by atoms with E-state index in [9.17, 15) is 13.2 Å². The zero-order valence-corrected chi connectivity index (χ0v) is 19.3. The third-order valence-electron chi connectivity index (χ3n) is 6.03. The van der Waals surface area contributed by atoms with Crippen LogP contribution in [-0.4, -0.2) is 68.0 Å². The summed E-state index contributed by atoms with van der Waals surface area (Å²) in [7, 11) is -3.94. The van der Waals surface area contributed by atoms with Gasteiger partial charge in [-0.05, 0) is 25.5 Å². The molecule has 0 bridgehead atoms. The Balaban J connectivity index is 1.61. The molecule has 0 aromatic carbocycles. The van der Waals surface area contributed by atoms with Crippen molar-refractivity contribution in [1.29, 1.82) is 0 Å². The summed E-state index contributed by atoms with van der Waals surface area (Å²) in [6.07, 6.45) is 2.89. The topological polar surface area (TPSA) is 139 Å². The van der Waals surface area contributed by atoms with Gasteiger partial charge in [-0.25, -0.2) is 30.1 Å². The summed E-state index contributed by atoms with van der Waals surface area (Å²) in [5, 5.41) is 8.34. The average Bonchev–Trinajstić information content (AvgIpc) is 3.26. The maximum absolute atomic E-state index is 12.0. The van der Waals surface area contributed by atoms with Crippen LogP contribution >= 0.6 is 0 Å². The quantitative estimate of drug-likeness (QED) is 0.564. The van der Waals surface area contributed by atoms with Crippen LogP contribution in [0.15, 0.2) is 21.8 Å². The highest BCUT2D eigenvalue weighted by molar-refractivity contribution is 7.89. The minimum Gasteiger partial charge on any atom is -0.451 e. The zero-order chi connectivity index (χ0) is 23.6. The van der Waals surface area contributed by atoms with Crippen molar-refractivity contribution in [2.75, 3.05) is 37.6 Å². The second-order valence-electron chi connectivity index (χ2n) is 8.25. The first-order valence-corrected chi connectivity index (χ1v) is 12.4. The SMILES string of the molecule is [C-]#[N+]C[C@H]1CN(c2nc(CCc3ccoc3S(N)(=O)=O)nc3c2CCNC3)CCN1C(C)=O. The smallest absolute Gasteiger partial charge is 0.271 e. The number of primary sulfonamides is 1. The number of nitrogens with zero attached hydrogens (tertiary/aromatic N) is 5. The van der Waals surface area contributed by atoms with Crippen molar-refractivity contribution in [3.05, 3.63) is 46.4 Å². The molecule has 1 fully saturated rings. The van der Waals surface area contributed by atoms with Gasteiger partial charge in [-0.2, -0.15) is 0 Å². The number of sulfonamides is 1. The van der Waals surface area contributed by atoms with Gasteiger partial charge in [0.25, 0.3) is 10.0 Å². The van der Waals surface area contributed by atoms with Gasteiger partial charge in [-0.3, -0.25) is 4.79 Å². The highest BCUT2D eigenvalue weighted by Crippen LogP contribution is 2.27. The first-order valence-electron chi connectivity index (χ1n) is 10.8. The molecule has 33 heavy (non-hydrogen) atoms. The first-order chi connectivity index (χ1) is 15.8. The van der Waals surface area contributed by atoms with Gasteiger partial charge in [0.2, 0.25) is 17.5 Å². The minimum atomic E-state index is -3.94. The van der Waals surface area contributed by atoms with Crippen LogP contribution in [0.4, 0.5) is 5.82 Å². The van der Waals surface area contributed by atoms with E-state index in [2.05, 4.69) is 15.1 Å². The molecule has 3 N–H and O–H groups in total. The molecule has 0 radical (unpaired) electrons. The van der Waals surface area contributed by atoms with Crippen molar-refractivity contribution in [2.24, 2.45) is 5.14 Å². The van der Waals surface area contributed by atoms with E-state index < -0.39 is 10.0 Å². The Morgan fingerprint density at radius 2 is 2.18 bits per heavy atom. The van der Waals surface area contributed by atoms with Crippen LogP contribution < -0.4 is 15.4 Å². The summed E-state index contributed by atoms with van der Waals surface area (Å²) in [5.74, 6) is 1.42. The number of nitrogens with two attached hydrogens (primary N) is 1. The van der Waals surface area contributed by atoms with Gasteiger partial charge in [-0.15, -0.1) is 0 Å². The van der Waals surface area contributed by atoms with Crippen LogP contribution in [-0.2, 0) is 40.6 Å². The van der Waals surface area contributed by atoms with Crippen molar-refractivity contribution >= 4 is 21.7 Å². The van der Waals surface area contributed by atoms with E-state index in [0.29, 0.717) is 50.4 Å². The van der Waals surface area contributed by atoms with Crippen LogP contribution in [0.25, 0.3) is 4.85 Å². The van der Waals surface area contributed by atoms with Crippen LogP contribution in [0.3, 0.4) is 0 Å². The molecule has 2 aromatic heterocycles. The van der Waals surface area contributed by atoms with E-state index >= 15 is 0 Å². The van der Waals surface area contributed by atoms with Crippen LogP contribution in [0, 0.1) is 6.57 Å². The monoisotopic (exact) mass is 473 g/mol. The Bertz CT molecular complexity index is 1190. The lowest BCUT2D eigenvalue weighted by molar-refractivity contribution is -0.131. The van der Waals surface area contributed by atoms with Gasteiger partial charge >= 0.3 is 0 Å². The number of carbonyl (C=O) groups excluding carboxylic acids is 1. The maximum Gasteiger partial charge on any atom is 0.271 e. The van der Waals surface area contributed by atoms with E-state index in [-0.39, 0.29) is 23.6 Å². The summed E-state index contributed by atoms with van der Waals surface area (Å²) >= 11 is 0. The highest BCUT2D eigenvalue weighted by Gasteiger charge is 2.33. The molecule has 1 amide bonds. The molecule has 0 aliphatic carbocycles. The Kier molecular flexibility index (Phi) is 6.64. The molecular weight excluding hydrogens is 446 g/mol. The minimum absolute atomic E-state index is 0.0244. The van der Waals surface area contributed by atoms with Crippen molar-refractivity contribution < 1.29 is 17.6 Å². The van der Waals surface area contributed by atoms with Gasteiger partial charge < -0.3 is 24.4 Å². The number of anilines is 1.